The Labute approximate surface area is 173 Å². The van der Waals surface area contributed by atoms with Crippen molar-refractivity contribution >= 4 is 11.9 Å². The fraction of sp³-hybridized carbons (Fsp3) is 0.227. The fourth-order valence-electron chi connectivity index (χ4n) is 3.17. The van der Waals surface area contributed by atoms with E-state index in [2.05, 4.69) is 20.8 Å². The molecule has 0 aliphatic rings. The normalized spacial score (nSPS) is 11.4. The lowest BCUT2D eigenvalue weighted by atomic mass is 10.00. The van der Waals surface area contributed by atoms with Crippen molar-refractivity contribution in [1.29, 1.82) is 0 Å². The highest BCUT2D eigenvalue weighted by atomic mass is 19.1. The van der Waals surface area contributed by atoms with Gasteiger partial charge < -0.3 is 20.3 Å². The number of benzene rings is 2. The van der Waals surface area contributed by atoms with E-state index in [1.54, 1.807) is 20.2 Å². The number of guanidine groups is 1. The van der Waals surface area contributed by atoms with Crippen LogP contribution in [0.2, 0.25) is 0 Å². The van der Waals surface area contributed by atoms with Crippen molar-refractivity contribution < 1.29 is 18.8 Å². The molecule has 0 saturated carbocycles. The fourth-order valence-corrected chi connectivity index (χ4v) is 3.17. The lowest BCUT2D eigenvalue weighted by Gasteiger charge is -2.07. The van der Waals surface area contributed by atoms with Crippen molar-refractivity contribution in [1.82, 2.24) is 15.8 Å². The van der Waals surface area contributed by atoms with Crippen LogP contribution in [-0.2, 0) is 19.4 Å². The van der Waals surface area contributed by atoms with Crippen LogP contribution in [0, 0.1) is 5.82 Å². The predicted octanol–water partition coefficient (Wildman–Crippen LogP) is 3.26. The molecule has 30 heavy (non-hydrogen) atoms. The number of nitrogens with one attached hydrogen (secondary N) is 2. The zero-order valence-electron chi connectivity index (χ0n) is 16.8. The van der Waals surface area contributed by atoms with E-state index in [1.807, 2.05) is 36.4 Å². The van der Waals surface area contributed by atoms with Crippen molar-refractivity contribution in [2.75, 3.05) is 14.1 Å². The average molecular weight is 410 g/mol. The van der Waals surface area contributed by atoms with Crippen LogP contribution in [0.15, 0.2) is 58.0 Å². The summed E-state index contributed by atoms with van der Waals surface area (Å²) < 4.78 is 19.8. The summed E-state index contributed by atoms with van der Waals surface area (Å²) in [6.45, 7) is 0.128. The summed E-state index contributed by atoms with van der Waals surface area (Å²) in [5, 5.41) is 19.3. The number of nitrogens with zero attached hydrogens (tertiary/aromatic N) is 2. The first-order valence-corrected chi connectivity index (χ1v) is 9.46. The van der Waals surface area contributed by atoms with Crippen LogP contribution in [0.5, 0.6) is 0 Å². The Bertz CT molecular complexity index is 1050. The minimum Gasteiger partial charge on any atom is -0.477 e. The topological polar surface area (TPSA) is 99.8 Å². The summed E-state index contributed by atoms with van der Waals surface area (Å²) in [6, 6.07) is 14.4. The highest BCUT2D eigenvalue weighted by Crippen LogP contribution is 2.24. The Morgan fingerprint density at radius 3 is 2.60 bits per heavy atom. The molecule has 0 unspecified atom stereocenters. The molecule has 0 amide bonds. The molecule has 0 saturated heterocycles. The third-order valence-electron chi connectivity index (χ3n) is 4.69. The zero-order chi connectivity index (χ0) is 21.5. The van der Waals surface area contributed by atoms with Gasteiger partial charge in [-0.05, 0) is 30.0 Å². The van der Waals surface area contributed by atoms with Gasteiger partial charge in [0.1, 0.15) is 11.4 Å². The van der Waals surface area contributed by atoms with Crippen LogP contribution >= 0.6 is 0 Å². The number of aromatic nitrogens is 1. The van der Waals surface area contributed by atoms with Gasteiger partial charge in [0.25, 0.3) is 0 Å². The average Bonchev–Trinajstić information content (AvgIpc) is 3.17. The largest absolute Gasteiger partial charge is 0.477 e. The van der Waals surface area contributed by atoms with Crippen molar-refractivity contribution in [3.8, 4) is 11.1 Å². The van der Waals surface area contributed by atoms with Gasteiger partial charge in [-0.15, -0.1) is 0 Å². The molecule has 2 aromatic carbocycles. The number of aryl methyl sites for hydroxylation is 2. The van der Waals surface area contributed by atoms with E-state index in [4.69, 9.17) is 4.52 Å². The van der Waals surface area contributed by atoms with Gasteiger partial charge in [-0.2, -0.15) is 0 Å². The van der Waals surface area contributed by atoms with Crippen LogP contribution in [0.1, 0.15) is 27.4 Å². The summed E-state index contributed by atoms with van der Waals surface area (Å²) >= 11 is 0. The third kappa shape index (κ3) is 4.83. The minimum atomic E-state index is -1.12. The number of aromatic carboxylic acids is 1. The van der Waals surface area contributed by atoms with Gasteiger partial charge in [-0.1, -0.05) is 47.6 Å². The molecule has 156 valence electrons. The quantitative estimate of drug-likeness (QED) is 0.408. The first kappa shape index (κ1) is 21.0. The van der Waals surface area contributed by atoms with Crippen LogP contribution in [-0.4, -0.2) is 36.3 Å². The molecule has 3 N–H and O–H groups in total. The second-order valence-corrected chi connectivity index (χ2v) is 6.59. The van der Waals surface area contributed by atoms with E-state index >= 15 is 0 Å². The second kappa shape index (κ2) is 9.69. The number of aliphatic imine (C=N–C) groups is 1. The standard InChI is InChI=1S/C22H23FN4O3/c1-24-22(25-2)26-13-19-20(21(28)29)18(27-30-19)11-9-14-8-10-16(17(23)12-14)15-6-4-3-5-7-15/h3-8,10,12H,9,11,13H2,1-2H3,(H,28,29)(H2,24,25,26). The number of rotatable bonds is 7. The molecule has 7 nitrogen and oxygen atoms in total. The molecule has 0 fully saturated rings. The molecule has 1 heterocycles. The second-order valence-electron chi connectivity index (χ2n) is 6.59. The molecular formula is C22H23FN4O3. The van der Waals surface area contributed by atoms with Gasteiger partial charge >= 0.3 is 5.97 Å². The van der Waals surface area contributed by atoms with Gasteiger partial charge in [0, 0.05) is 19.7 Å². The molecular weight excluding hydrogens is 387 g/mol. The number of carboxylic acid groups (broad SMARTS) is 1. The molecule has 0 spiro atoms. The third-order valence-corrected chi connectivity index (χ3v) is 4.69. The molecule has 1 aromatic heterocycles. The summed E-state index contributed by atoms with van der Waals surface area (Å²) in [6.07, 6.45) is 0.750. The summed E-state index contributed by atoms with van der Waals surface area (Å²) in [5.41, 5.74) is 2.43. The Morgan fingerprint density at radius 2 is 1.97 bits per heavy atom. The van der Waals surface area contributed by atoms with Crippen molar-refractivity contribution in [2.24, 2.45) is 4.99 Å². The van der Waals surface area contributed by atoms with E-state index in [9.17, 15) is 14.3 Å². The van der Waals surface area contributed by atoms with Crippen LogP contribution in [0.25, 0.3) is 11.1 Å². The first-order chi connectivity index (χ1) is 14.5. The molecule has 0 aliphatic heterocycles. The lowest BCUT2D eigenvalue weighted by Crippen LogP contribution is -2.34. The van der Waals surface area contributed by atoms with Gasteiger partial charge in [0.15, 0.2) is 11.7 Å². The predicted molar refractivity (Wildman–Crippen MR) is 112 cm³/mol. The Balaban J connectivity index is 1.72. The number of halogens is 1. The monoisotopic (exact) mass is 410 g/mol. The Morgan fingerprint density at radius 1 is 1.20 bits per heavy atom. The molecule has 0 radical (unpaired) electrons. The van der Waals surface area contributed by atoms with Crippen LogP contribution in [0.4, 0.5) is 4.39 Å². The highest BCUT2D eigenvalue weighted by molar-refractivity contribution is 5.90. The van der Waals surface area contributed by atoms with Crippen molar-refractivity contribution in [2.45, 2.75) is 19.4 Å². The van der Waals surface area contributed by atoms with E-state index in [0.717, 1.165) is 11.1 Å². The van der Waals surface area contributed by atoms with E-state index in [-0.39, 0.29) is 23.7 Å². The molecule has 8 heteroatoms. The molecule has 3 rings (SSSR count). The molecule has 0 atom stereocenters. The van der Waals surface area contributed by atoms with Gasteiger partial charge in [0.2, 0.25) is 0 Å². The maximum Gasteiger partial charge on any atom is 0.341 e. The highest BCUT2D eigenvalue weighted by Gasteiger charge is 2.22. The summed E-state index contributed by atoms with van der Waals surface area (Å²) in [4.78, 5) is 15.7. The van der Waals surface area contributed by atoms with Crippen molar-refractivity contribution in [3.05, 3.63) is 76.9 Å². The Hall–Kier alpha value is -3.68. The molecule has 3 aromatic rings. The van der Waals surface area contributed by atoms with E-state index in [0.29, 0.717) is 30.1 Å². The number of carboxylic acids is 1. The number of hydrogen-bond donors (Lipinski definition) is 3. The maximum atomic E-state index is 14.6. The summed E-state index contributed by atoms with van der Waals surface area (Å²) in [7, 11) is 3.30. The number of hydrogen-bond acceptors (Lipinski definition) is 4. The smallest absolute Gasteiger partial charge is 0.341 e. The minimum absolute atomic E-state index is 0.0235. The van der Waals surface area contributed by atoms with Crippen LogP contribution < -0.4 is 10.6 Å². The lowest BCUT2D eigenvalue weighted by molar-refractivity contribution is 0.0693. The molecule has 0 aliphatic carbocycles. The van der Waals surface area contributed by atoms with E-state index in [1.165, 1.54) is 6.07 Å². The number of carbonyl (C=O) groups is 1. The maximum absolute atomic E-state index is 14.6. The van der Waals surface area contributed by atoms with E-state index < -0.39 is 5.97 Å². The van der Waals surface area contributed by atoms with Crippen LogP contribution in [0.3, 0.4) is 0 Å². The van der Waals surface area contributed by atoms with Gasteiger partial charge in [-0.25, -0.2) is 9.18 Å². The first-order valence-electron chi connectivity index (χ1n) is 9.46. The van der Waals surface area contributed by atoms with Gasteiger partial charge in [-0.3, -0.25) is 4.99 Å². The van der Waals surface area contributed by atoms with Crippen molar-refractivity contribution in [3.63, 3.8) is 0 Å². The summed E-state index contributed by atoms with van der Waals surface area (Å²) in [5.74, 6) is -0.730. The molecule has 0 bridgehead atoms. The SMILES string of the molecule is CN=C(NC)NCc1onc(CCc2ccc(-c3ccccc3)c(F)c2)c1C(=O)O. The van der Waals surface area contributed by atoms with Gasteiger partial charge in [0.05, 0.1) is 12.2 Å². The Kier molecular flexibility index (Phi) is 6.79. The zero-order valence-corrected chi connectivity index (χ0v) is 16.8.